The number of rotatable bonds is 10. The van der Waals surface area contributed by atoms with E-state index in [0.717, 1.165) is 13.5 Å². The summed E-state index contributed by atoms with van der Waals surface area (Å²) in [5, 5.41) is 0. The van der Waals surface area contributed by atoms with Crippen LogP contribution >= 0.6 is 0 Å². The molecule has 0 saturated heterocycles. The van der Waals surface area contributed by atoms with Crippen molar-refractivity contribution < 1.29 is 38.1 Å². The van der Waals surface area contributed by atoms with Crippen LogP contribution in [-0.2, 0) is 28.5 Å². The van der Waals surface area contributed by atoms with Crippen molar-refractivity contribution in [2.75, 3.05) is 40.4 Å². The van der Waals surface area contributed by atoms with Crippen molar-refractivity contribution in [2.24, 2.45) is 0 Å². The van der Waals surface area contributed by atoms with Crippen molar-refractivity contribution in [2.45, 2.75) is 78.9 Å². The molecule has 2 amide bonds. The molecular weight excluding hydrogens is 520 g/mol. The Balaban J connectivity index is -0.000000271. The van der Waals surface area contributed by atoms with E-state index < -0.39 is 23.7 Å². The number of ether oxygens (including phenoxy) is 4. The zero-order valence-electron chi connectivity index (χ0n) is 26.4. The van der Waals surface area contributed by atoms with Crippen LogP contribution in [0.4, 0.5) is 9.59 Å². The normalized spacial score (nSPS) is 9.78. The zero-order chi connectivity index (χ0) is 33.2. The van der Waals surface area contributed by atoms with Gasteiger partial charge in [-0.2, -0.15) is 0 Å². The van der Waals surface area contributed by atoms with Gasteiger partial charge in [-0.05, 0) is 48.0 Å². The fourth-order valence-electron chi connectivity index (χ4n) is 2.29. The third kappa shape index (κ3) is 37.7. The van der Waals surface area contributed by atoms with E-state index in [0.29, 0.717) is 19.6 Å². The Morgan fingerprint density at radius 3 is 1.37 bits per heavy atom. The average molecular weight is 564 g/mol. The fourth-order valence-corrected chi connectivity index (χ4v) is 2.29. The smallest absolute Gasteiger partial charge is 0.410 e. The standard InChI is InChI=1S/C12H23NO4.C12H21NO4.B4.B3/c2*1-6-8-13(9-7-10(14)16-5)11(15)17-12(2,3)4;1-4(2)3;1-3-2/h6-9H2,1-5H3;6H,1,7-9H2,2-5H3;;. The van der Waals surface area contributed by atoms with E-state index in [2.05, 4.69) is 54.7 Å². The molecule has 17 heteroatoms. The van der Waals surface area contributed by atoms with Gasteiger partial charge in [0.25, 0.3) is 0 Å². The van der Waals surface area contributed by atoms with Crippen molar-refractivity contribution in [3.8, 4) is 0 Å². The lowest BCUT2D eigenvalue weighted by molar-refractivity contribution is -0.141. The van der Waals surface area contributed by atoms with Gasteiger partial charge in [-0.1, -0.05) is 13.0 Å². The Kier molecular flexibility index (Phi) is 29.6. The Bertz CT molecular complexity index is 731. The molecule has 0 unspecified atom stereocenters. The van der Waals surface area contributed by atoms with Crippen LogP contribution < -0.4 is 0 Å². The lowest BCUT2D eigenvalue weighted by Crippen LogP contribution is -2.38. The number of methoxy groups -OCH3 is 2. The molecule has 0 atom stereocenters. The second-order valence-electron chi connectivity index (χ2n) is 10.1. The number of amides is 2. The van der Waals surface area contributed by atoms with E-state index in [4.69, 9.17) is 9.47 Å². The van der Waals surface area contributed by atoms with E-state index >= 15 is 0 Å². The van der Waals surface area contributed by atoms with E-state index in [1.165, 1.54) is 24.0 Å². The summed E-state index contributed by atoms with van der Waals surface area (Å²) in [4.78, 5) is 48.5. The molecule has 0 saturated carbocycles. The third-order valence-corrected chi connectivity index (χ3v) is 3.77. The molecule has 0 N–H and O–H groups in total. The van der Waals surface area contributed by atoms with Crippen LogP contribution in [0.3, 0.4) is 0 Å². The van der Waals surface area contributed by atoms with Crippen molar-refractivity contribution >= 4 is 76.3 Å². The molecule has 0 fully saturated rings. The highest BCUT2D eigenvalue weighted by atomic mass is 16.6. The average Bonchev–Trinajstić information content (AvgIpc) is 2.82. The largest absolute Gasteiger partial charge is 0.469 e. The summed E-state index contributed by atoms with van der Waals surface area (Å²) in [6.45, 7) is 17.8. The second kappa shape index (κ2) is 26.6. The van der Waals surface area contributed by atoms with Gasteiger partial charge in [0.1, 0.15) is 11.2 Å². The number of hydrogen-bond donors (Lipinski definition) is 0. The molecule has 0 heterocycles. The maximum atomic E-state index is 11.8. The number of hydrogen-bond acceptors (Lipinski definition) is 8. The van der Waals surface area contributed by atoms with Crippen LogP contribution in [-0.4, -0.2) is 138 Å². The minimum atomic E-state index is -0.667. The van der Waals surface area contributed by atoms with Crippen molar-refractivity contribution in [1.82, 2.24) is 9.80 Å². The summed E-state index contributed by atoms with van der Waals surface area (Å²) in [5.41, 5.74) is -1.07. The number of nitrogens with zero attached hydrogens (tertiary/aromatic N) is 2. The van der Waals surface area contributed by atoms with Gasteiger partial charge in [0.05, 0.1) is 27.1 Å². The van der Waals surface area contributed by atoms with Gasteiger partial charge in [-0.3, -0.25) is 9.59 Å². The van der Waals surface area contributed by atoms with Crippen LogP contribution in [0.5, 0.6) is 0 Å². The van der Waals surface area contributed by atoms with E-state index in [9.17, 15) is 19.2 Å². The Morgan fingerprint density at radius 2 is 1.10 bits per heavy atom. The quantitative estimate of drug-likeness (QED) is 0.170. The predicted octanol–water partition coefficient (Wildman–Crippen LogP) is 1.50. The minimum Gasteiger partial charge on any atom is -0.469 e. The molecule has 0 aromatic carbocycles. The first kappa shape index (κ1) is 45.7. The van der Waals surface area contributed by atoms with Gasteiger partial charge in [-0.15, -0.1) is 6.58 Å². The van der Waals surface area contributed by atoms with E-state index in [1.54, 1.807) is 26.8 Å². The molecular formula is C24H44B7N2O8. The fraction of sp³-hybridized carbons (Fsp3) is 0.750. The molecule has 219 valence electrons. The van der Waals surface area contributed by atoms with Crippen LogP contribution in [0.15, 0.2) is 12.7 Å². The topological polar surface area (TPSA) is 112 Å². The predicted molar refractivity (Wildman–Crippen MR) is 170 cm³/mol. The van der Waals surface area contributed by atoms with Gasteiger partial charge in [0.2, 0.25) is 0 Å². The van der Waals surface area contributed by atoms with E-state index in [-0.39, 0.29) is 37.4 Å². The summed E-state index contributed by atoms with van der Waals surface area (Å²) >= 11 is 0. The van der Waals surface area contributed by atoms with Crippen molar-refractivity contribution in [3.05, 3.63) is 12.7 Å². The molecule has 0 aromatic rings. The van der Waals surface area contributed by atoms with Crippen molar-refractivity contribution in [1.29, 1.82) is 0 Å². The highest BCUT2D eigenvalue weighted by molar-refractivity contribution is 7.49. The molecule has 41 heavy (non-hydrogen) atoms. The molecule has 0 aliphatic heterocycles. The maximum absolute atomic E-state index is 11.8. The number of esters is 2. The molecule has 0 aliphatic rings. The Labute approximate surface area is 256 Å². The SMILES string of the molecule is C=CCN(CCC(=O)OC)C(=O)OC(C)(C)C.CCCN(CCC(=O)OC)C(=O)OC(C)(C)C.[B]B([B])[B].[B][B][B]. The van der Waals surface area contributed by atoms with Gasteiger partial charge >= 0.3 is 24.1 Å². The molecule has 11 radical (unpaired) electrons. The summed E-state index contributed by atoms with van der Waals surface area (Å²) in [6.07, 6.45) is 1.23. The van der Waals surface area contributed by atoms with Crippen LogP contribution in [0.25, 0.3) is 0 Å². The number of carbonyl (C=O) groups is 4. The van der Waals surface area contributed by atoms with Gasteiger partial charge in [-0.25, -0.2) is 9.59 Å². The Hall–Kier alpha value is -2.33. The lowest BCUT2D eigenvalue weighted by Gasteiger charge is -2.26. The van der Waals surface area contributed by atoms with Crippen LogP contribution in [0, 0.1) is 0 Å². The summed E-state index contributed by atoms with van der Waals surface area (Å²) in [5.74, 6) is -0.683. The summed E-state index contributed by atoms with van der Waals surface area (Å²) in [7, 11) is 26.6. The molecule has 0 bridgehead atoms. The van der Waals surface area contributed by atoms with E-state index in [1.807, 2.05) is 27.7 Å². The van der Waals surface area contributed by atoms with Crippen LogP contribution in [0.1, 0.15) is 67.7 Å². The molecule has 0 aliphatic carbocycles. The van der Waals surface area contributed by atoms with Crippen molar-refractivity contribution in [3.63, 3.8) is 0 Å². The lowest BCUT2D eigenvalue weighted by atomic mass is 9.08. The first-order valence-corrected chi connectivity index (χ1v) is 13.0. The maximum Gasteiger partial charge on any atom is 0.410 e. The molecule has 0 rings (SSSR count). The highest BCUT2D eigenvalue weighted by Crippen LogP contribution is 2.11. The highest BCUT2D eigenvalue weighted by Gasteiger charge is 2.23. The van der Waals surface area contributed by atoms with Gasteiger partial charge < -0.3 is 28.7 Å². The summed E-state index contributed by atoms with van der Waals surface area (Å²) < 4.78 is 19.5. The summed E-state index contributed by atoms with van der Waals surface area (Å²) in [6, 6.07) is 0. The molecule has 0 aromatic heterocycles. The zero-order valence-corrected chi connectivity index (χ0v) is 26.4. The molecule has 0 spiro atoms. The molecule has 10 nitrogen and oxygen atoms in total. The minimum absolute atomic E-state index is 0.142. The Morgan fingerprint density at radius 1 is 0.780 bits per heavy atom. The van der Waals surface area contributed by atoms with Gasteiger partial charge in [0.15, 0.2) is 0 Å². The second-order valence-corrected chi connectivity index (χ2v) is 10.1. The first-order chi connectivity index (χ1) is 18.7. The number of carbonyl (C=O) groups excluding carboxylic acids is 4. The third-order valence-electron chi connectivity index (χ3n) is 3.77. The van der Waals surface area contributed by atoms with Crippen LogP contribution in [0.2, 0.25) is 0 Å². The first-order valence-electron chi connectivity index (χ1n) is 13.0. The monoisotopic (exact) mass is 565 g/mol. The van der Waals surface area contributed by atoms with Gasteiger partial charge in [0, 0.05) is 78.3 Å².